The smallest absolute Gasteiger partial charge is 0.269 e. The van der Waals surface area contributed by atoms with Crippen LogP contribution in [-0.2, 0) is 7.38 Å². The van der Waals surface area contributed by atoms with Crippen molar-refractivity contribution < 1.29 is 7.38 Å². The minimum absolute atomic E-state index is 0.168. The average Bonchev–Trinajstić information content (AvgIpc) is 2.46. The lowest BCUT2D eigenvalue weighted by Gasteiger charge is -2.40. The lowest BCUT2D eigenvalue weighted by molar-refractivity contribution is 0.157. The van der Waals surface area contributed by atoms with Crippen molar-refractivity contribution in [3.8, 4) is 0 Å². The fourth-order valence-electron chi connectivity index (χ4n) is 1.98. The van der Waals surface area contributed by atoms with Crippen molar-refractivity contribution in [1.29, 1.82) is 0 Å². The van der Waals surface area contributed by atoms with E-state index >= 15 is 0 Å². The normalized spacial score (nSPS) is 16.9. The van der Waals surface area contributed by atoms with Gasteiger partial charge in [-0.15, -0.1) is 0 Å². The predicted molar refractivity (Wildman–Crippen MR) is 94.2 cm³/mol. The Morgan fingerprint density at radius 3 is 3.00 bits per heavy atom. The van der Waals surface area contributed by atoms with Crippen molar-refractivity contribution in [3.05, 3.63) is 24.5 Å². The summed E-state index contributed by atoms with van der Waals surface area (Å²) in [7, 11) is 1.05. The highest BCUT2D eigenvalue weighted by Crippen LogP contribution is 2.46. The van der Waals surface area contributed by atoms with Gasteiger partial charge in [0, 0.05) is 25.8 Å². The van der Waals surface area contributed by atoms with Gasteiger partial charge >= 0.3 is 0 Å². The lowest BCUT2D eigenvalue weighted by Crippen LogP contribution is -2.52. The van der Waals surface area contributed by atoms with Gasteiger partial charge < -0.3 is 9.42 Å². The zero-order valence-corrected chi connectivity index (χ0v) is 15.3. The molecule has 0 bridgehead atoms. The molecule has 2 rings (SSSR count). The number of halogens is 1. The van der Waals surface area contributed by atoms with E-state index in [1.807, 2.05) is 36.1 Å². The molecule has 1 unspecified atom stereocenters. The first-order chi connectivity index (χ1) is 10.2. The second-order valence-electron chi connectivity index (χ2n) is 4.81. The molecule has 1 atom stereocenters. The van der Waals surface area contributed by atoms with E-state index < -0.39 is 8.53 Å². The molecule has 1 aromatic heterocycles. The van der Waals surface area contributed by atoms with E-state index in [0.717, 1.165) is 37.7 Å². The van der Waals surface area contributed by atoms with Gasteiger partial charge in [-0.3, -0.25) is 2.85 Å². The Morgan fingerprint density at radius 2 is 2.38 bits per heavy atom. The molecule has 0 aromatic carbocycles. The molecule has 2 heterocycles. The third-order valence-electron chi connectivity index (χ3n) is 3.13. The topological polar surface area (TPSA) is 50.7 Å². The van der Waals surface area contributed by atoms with Crippen LogP contribution in [0.5, 0.6) is 0 Å². The number of hydrogen-bond acceptors (Lipinski definition) is 6. The van der Waals surface area contributed by atoms with Crippen LogP contribution in [0, 0.1) is 0 Å². The minimum Gasteiger partial charge on any atom is -0.335 e. The van der Waals surface area contributed by atoms with Gasteiger partial charge in [0.05, 0.1) is 5.69 Å². The third kappa shape index (κ3) is 4.56. The third-order valence-corrected chi connectivity index (χ3v) is 5.49. The van der Waals surface area contributed by atoms with Crippen LogP contribution in [0.4, 0.5) is 5.95 Å². The highest BCUT2D eigenvalue weighted by atomic mass is 127. The Balaban J connectivity index is 1.84. The van der Waals surface area contributed by atoms with E-state index in [9.17, 15) is 0 Å². The van der Waals surface area contributed by atoms with Crippen LogP contribution in [-0.4, -0.2) is 47.4 Å². The molecule has 6 nitrogen and oxygen atoms in total. The number of hydrogen-bond donors (Lipinski definition) is 0. The van der Waals surface area contributed by atoms with E-state index in [1.54, 1.807) is 12.3 Å². The molecule has 0 radical (unpaired) electrons. The van der Waals surface area contributed by atoms with Gasteiger partial charge in [-0.05, 0) is 25.6 Å². The molecule has 1 fully saturated rings. The molecule has 0 aliphatic carbocycles. The van der Waals surface area contributed by atoms with Crippen LogP contribution in [0.2, 0.25) is 0 Å². The van der Waals surface area contributed by atoms with Crippen molar-refractivity contribution in [2.45, 2.75) is 19.4 Å². The Labute approximate surface area is 141 Å². The summed E-state index contributed by atoms with van der Waals surface area (Å²) in [5.74, 6) is 0.730. The number of nitrogens with zero attached hydrogens (tertiary/aromatic N) is 4. The summed E-state index contributed by atoms with van der Waals surface area (Å²) >= 11 is 1.92. The highest BCUT2D eigenvalue weighted by molar-refractivity contribution is 14.1. The van der Waals surface area contributed by atoms with E-state index in [1.165, 1.54) is 0 Å². The summed E-state index contributed by atoms with van der Waals surface area (Å²) in [6.07, 6.45) is 4.73. The zero-order chi connectivity index (χ0) is 15.2. The van der Waals surface area contributed by atoms with Gasteiger partial charge in [0.25, 0.3) is 8.53 Å². The van der Waals surface area contributed by atoms with Crippen molar-refractivity contribution in [2.75, 3.05) is 31.6 Å². The van der Waals surface area contributed by atoms with Gasteiger partial charge in [-0.25, -0.2) is 14.6 Å². The number of anilines is 1. The Hall–Kier alpha value is -0.340. The maximum atomic E-state index is 6.00. The van der Waals surface area contributed by atoms with Crippen molar-refractivity contribution >= 4 is 43.6 Å². The summed E-state index contributed by atoms with van der Waals surface area (Å²) in [4.78, 5) is 10.8. The average molecular weight is 422 g/mol. The van der Waals surface area contributed by atoms with Crippen LogP contribution in [0.25, 0.3) is 6.08 Å². The monoisotopic (exact) mass is 422 g/mol. The van der Waals surface area contributed by atoms with E-state index in [0.29, 0.717) is 0 Å². The minimum atomic E-state index is -0.980. The molecule has 1 aliphatic heterocycles. The highest BCUT2D eigenvalue weighted by Gasteiger charge is 2.33. The standard InChI is InChI=1S/C13H20IN4O2P/c1-4-8-17(3)21(20-14)19-12-9-18(10-12)13-15-7-6-11(5-2)16-13/h5-7,12H,2,4,8-10H2,1,3H3. The van der Waals surface area contributed by atoms with Crippen LogP contribution in [0.3, 0.4) is 0 Å². The van der Waals surface area contributed by atoms with Crippen molar-refractivity contribution in [1.82, 2.24) is 14.6 Å². The molecule has 0 spiro atoms. The van der Waals surface area contributed by atoms with E-state index in [4.69, 9.17) is 7.38 Å². The van der Waals surface area contributed by atoms with Gasteiger partial charge in [0.1, 0.15) is 29.1 Å². The molecule has 0 amide bonds. The summed E-state index contributed by atoms with van der Waals surface area (Å²) in [6.45, 7) is 8.42. The lowest BCUT2D eigenvalue weighted by atomic mass is 10.2. The number of aromatic nitrogens is 2. The van der Waals surface area contributed by atoms with Crippen molar-refractivity contribution in [3.63, 3.8) is 0 Å². The van der Waals surface area contributed by atoms with Crippen LogP contribution < -0.4 is 4.90 Å². The molecule has 0 N–H and O–H groups in total. The molecule has 1 aliphatic rings. The molecule has 1 saturated heterocycles. The van der Waals surface area contributed by atoms with E-state index in [-0.39, 0.29) is 6.10 Å². The molecule has 116 valence electrons. The Bertz CT molecular complexity index is 473. The molecular formula is C13H20IN4O2P. The summed E-state index contributed by atoms with van der Waals surface area (Å²) in [5, 5.41) is 0. The first-order valence-electron chi connectivity index (χ1n) is 6.85. The first kappa shape index (κ1) is 17.0. The first-order valence-corrected chi connectivity index (χ1v) is 8.86. The SMILES string of the molecule is C=Cc1ccnc(N2CC(OP(OI)N(C)CCC)C2)n1. The largest absolute Gasteiger partial charge is 0.335 e. The van der Waals surface area contributed by atoms with Gasteiger partial charge in [0.2, 0.25) is 5.95 Å². The summed E-state index contributed by atoms with van der Waals surface area (Å²) in [6, 6.07) is 1.84. The molecule has 21 heavy (non-hydrogen) atoms. The molecular weight excluding hydrogens is 402 g/mol. The Kier molecular flexibility index (Phi) is 6.75. The Morgan fingerprint density at radius 1 is 1.62 bits per heavy atom. The summed E-state index contributed by atoms with van der Waals surface area (Å²) in [5.41, 5.74) is 0.838. The second kappa shape index (κ2) is 8.33. The maximum absolute atomic E-state index is 6.00. The van der Waals surface area contributed by atoms with Gasteiger partial charge in [0.15, 0.2) is 0 Å². The predicted octanol–water partition coefficient (Wildman–Crippen LogP) is 3.26. The zero-order valence-electron chi connectivity index (χ0n) is 12.3. The van der Waals surface area contributed by atoms with Gasteiger partial charge in [-0.1, -0.05) is 13.5 Å². The van der Waals surface area contributed by atoms with Crippen LogP contribution in [0.15, 0.2) is 18.8 Å². The van der Waals surface area contributed by atoms with Crippen molar-refractivity contribution in [2.24, 2.45) is 0 Å². The molecule has 1 aromatic rings. The molecule has 0 saturated carbocycles. The van der Waals surface area contributed by atoms with Crippen LogP contribution in [0.1, 0.15) is 19.0 Å². The fourth-order valence-corrected chi connectivity index (χ4v) is 4.21. The van der Waals surface area contributed by atoms with Crippen LogP contribution >= 0.6 is 31.5 Å². The fraction of sp³-hybridized carbons (Fsp3) is 0.538. The summed E-state index contributed by atoms with van der Waals surface area (Å²) < 4.78 is 13.6. The van der Waals surface area contributed by atoms with E-state index in [2.05, 4.69) is 33.0 Å². The quantitative estimate of drug-likeness (QED) is 0.474. The maximum Gasteiger partial charge on any atom is 0.269 e. The molecule has 8 heteroatoms. The second-order valence-corrected chi connectivity index (χ2v) is 7.50. The van der Waals surface area contributed by atoms with Gasteiger partial charge in [-0.2, -0.15) is 0 Å². The number of rotatable bonds is 8.